The average molecular weight is 228 g/mol. The van der Waals surface area contributed by atoms with Crippen molar-refractivity contribution in [2.24, 2.45) is 0 Å². The first-order chi connectivity index (χ1) is 7.61. The molecule has 0 radical (unpaired) electrons. The van der Waals surface area contributed by atoms with Crippen LogP contribution in [0.15, 0.2) is 0 Å². The number of ether oxygens (including phenoxy) is 1. The maximum Gasteiger partial charge on any atom is 0.323 e. The molecule has 0 aromatic carbocycles. The number of carbonyl (C=O) groups excluding carboxylic acids is 2. The summed E-state index contributed by atoms with van der Waals surface area (Å²) in [5.74, 6) is -0.271. The molecule has 16 heavy (non-hydrogen) atoms. The molecule has 1 fully saturated rings. The molecule has 1 aliphatic rings. The Labute approximate surface area is 96.1 Å². The van der Waals surface area contributed by atoms with Crippen molar-refractivity contribution in [1.82, 2.24) is 10.2 Å². The van der Waals surface area contributed by atoms with Crippen molar-refractivity contribution in [3.05, 3.63) is 0 Å². The molecule has 0 aliphatic carbocycles. The molecule has 1 rings (SSSR count). The standard InChI is InChI=1S/C11H20N2O3/c1-4-16-11(15)8(2)13-7-5-6-9(13)10(14)12-3/h8-9H,4-7H2,1-3H3,(H,12,14). The smallest absolute Gasteiger partial charge is 0.323 e. The highest BCUT2D eigenvalue weighted by Crippen LogP contribution is 2.20. The number of amides is 1. The number of nitrogens with one attached hydrogen (secondary N) is 1. The second kappa shape index (κ2) is 5.84. The fourth-order valence-corrected chi connectivity index (χ4v) is 2.10. The number of hydrogen-bond donors (Lipinski definition) is 1. The summed E-state index contributed by atoms with van der Waals surface area (Å²) in [5.41, 5.74) is 0. The molecule has 5 heteroatoms. The number of likely N-dealkylation sites (tertiary alicyclic amines) is 1. The van der Waals surface area contributed by atoms with Crippen LogP contribution in [0.5, 0.6) is 0 Å². The highest BCUT2D eigenvalue weighted by Gasteiger charge is 2.36. The summed E-state index contributed by atoms with van der Waals surface area (Å²) < 4.78 is 4.97. The molecule has 0 bridgehead atoms. The Balaban J connectivity index is 2.63. The largest absolute Gasteiger partial charge is 0.465 e. The summed E-state index contributed by atoms with van der Waals surface area (Å²) in [6.07, 6.45) is 1.76. The number of carbonyl (C=O) groups is 2. The molecule has 92 valence electrons. The second-order valence-corrected chi connectivity index (χ2v) is 3.94. The van der Waals surface area contributed by atoms with E-state index >= 15 is 0 Å². The first kappa shape index (κ1) is 13.0. The molecule has 2 atom stereocenters. The van der Waals surface area contributed by atoms with Crippen LogP contribution >= 0.6 is 0 Å². The van der Waals surface area contributed by atoms with Crippen LogP contribution in [-0.2, 0) is 14.3 Å². The molecular formula is C11H20N2O3. The predicted molar refractivity (Wildman–Crippen MR) is 59.9 cm³/mol. The molecule has 0 spiro atoms. The zero-order chi connectivity index (χ0) is 12.1. The first-order valence-corrected chi connectivity index (χ1v) is 5.75. The molecule has 0 saturated carbocycles. The van der Waals surface area contributed by atoms with Crippen molar-refractivity contribution in [1.29, 1.82) is 0 Å². The second-order valence-electron chi connectivity index (χ2n) is 3.94. The Morgan fingerprint density at radius 3 is 2.81 bits per heavy atom. The zero-order valence-electron chi connectivity index (χ0n) is 10.2. The predicted octanol–water partition coefficient (Wildman–Crippen LogP) is 0.148. The SMILES string of the molecule is CCOC(=O)C(C)N1CCCC1C(=O)NC. The van der Waals surface area contributed by atoms with E-state index in [0.29, 0.717) is 6.61 Å². The van der Waals surface area contributed by atoms with E-state index in [1.807, 2.05) is 4.90 Å². The van der Waals surface area contributed by atoms with Gasteiger partial charge in [0.2, 0.25) is 5.91 Å². The number of likely N-dealkylation sites (N-methyl/N-ethyl adjacent to an activating group) is 1. The third-order valence-corrected chi connectivity index (χ3v) is 2.97. The highest BCUT2D eigenvalue weighted by molar-refractivity contribution is 5.83. The van der Waals surface area contributed by atoms with E-state index in [9.17, 15) is 9.59 Å². The summed E-state index contributed by atoms with van der Waals surface area (Å²) in [6.45, 7) is 4.73. The lowest BCUT2D eigenvalue weighted by atomic mass is 10.2. The van der Waals surface area contributed by atoms with E-state index in [4.69, 9.17) is 4.74 Å². The number of rotatable bonds is 4. The van der Waals surface area contributed by atoms with Gasteiger partial charge in [0, 0.05) is 7.05 Å². The van der Waals surface area contributed by atoms with Gasteiger partial charge in [-0.1, -0.05) is 0 Å². The third-order valence-electron chi connectivity index (χ3n) is 2.97. The van der Waals surface area contributed by atoms with Crippen LogP contribution in [0.3, 0.4) is 0 Å². The molecule has 2 unspecified atom stereocenters. The molecular weight excluding hydrogens is 208 g/mol. The maximum absolute atomic E-state index is 11.6. The lowest BCUT2D eigenvalue weighted by Gasteiger charge is -2.27. The monoisotopic (exact) mass is 228 g/mol. The lowest BCUT2D eigenvalue weighted by Crippen LogP contribution is -2.49. The fourth-order valence-electron chi connectivity index (χ4n) is 2.10. The van der Waals surface area contributed by atoms with Crippen LogP contribution in [0.4, 0.5) is 0 Å². The van der Waals surface area contributed by atoms with Gasteiger partial charge in [-0.2, -0.15) is 0 Å². The Kier molecular flexibility index (Phi) is 4.73. The van der Waals surface area contributed by atoms with E-state index in [0.717, 1.165) is 19.4 Å². The van der Waals surface area contributed by atoms with E-state index in [2.05, 4.69) is 5.32 Å². The zero-order valence-corrected chi connectivity index (χ0v) is 10.2. The molecule has 1 heterocycles. The van der Waals surface area contributed by atoms with Crippen LogP contribution in [0.2, 0.25) is 0 Å². The molecule has 1 saturated heterocycles. The number of nitrogens with zero attached hydrogens (tertiary/aromatic N) is 1. The van der Waals surface area contributed by atoms with E-state index in [1.165, 1.54) is 0 Å². The van der Waals surface area contributed by atoms with Gasteiger partial charge in [0.05, 0.1) is 12.6 Å². The summed E-state index contributed by atoms with van der Waals surface area (Å²) in [5, 5.41) is 2.63. The van der Waals surface area contributed by atoms with Crippen LogP contribution in [0.1, 0.15) is 26.7 Å². The van der Waals surface area contributed by atoms with Gasteiger partial charge < -0.3 is 10.1 Å². The van der Waals surface area contributed by atoms with E-state index in [-0.39, 0.29) is 24.0 Å². The maximum atomic E-state index is 11.6. The molecule has 1 amide bonds. The lowest BCUT2D eigenvalue weighted by molar-refractivity contribution is -0.149. The van der Waals surface area contributed by atoms with E-state index in [1.54, 1.807) is 20.9 Å². The van der Waals surface area contributed by atoms with Crippen molar-refractivity contribution < 1.29 is 14.3 Å². The summed E-state index contributed by atoms with van der Waals surface area (Å²) >= 11 is 0. The van der Waals surface area contributed by atoms with Crippen molar-refractivity contribution in [2.45, 2.75) is 38.8 Å². The van der Waals surface area contributed by atoms with Gasteiger partial charge in [0.25, 0.3) is 0 Å². The van der Waals surface area contributed by atoms with Crippen LogP contribution in [0.25, 0.3) is 0 Å². The Hall–Kier alpha value is -1.10. The fraction of sp³-hybridized carbons (Fsp3) is 0.818. The third kappa shape index (κ3) is 2.72. The van der Waals surface area contributed by atoms with Crippen molar-refractivity contribution in [3.8, 4) is 0 Å². The van der Waals surface area contributed by atoms with Crippen LogP contribution in [-0.4, -0.2) is 49.1 Å². The van der Waals surface area contributed by atoms with Gasteiger partial charge in [-0.15, -0.1) is 0 Å². The number of esters is 1. The first-order valence-electron chi connectivity index (χ1n) is 5.75. The Morgan fingerprint density at radius 1 is 1.56 bits per heavy atom. The molecule has 1 aliphatic heterocycles. The van der Waals surface area contributed by atoms with Gasteiger partial charge in [-0.05, 0) is 33.2 Å². The summed E-state index contributed by atoms with van der Waals surface area (Å²) in [7, 11) is 1.62. The summed E-state index contributed by atoms with van der Waals surface area (Å²) in [6, 6.07) is -0.533. The Bertz CT molecular complexity index is 268. The minimum absolute atomic E-state index is 0.0198. The normalized spacial score (nSPS) is 22.8. The topological polar surface area (TPSA) is 58.6 Å². The van der Waals surface area contributed by atoms with Gasteiger partial charge in [0.1, 0.15) is 6.04 Å². The van der Waals surface area contributed by atoms with Gasteiger partial charge in [-0.3, -0.25) is 14.5 Å². The Morgan fingerprint density at radius 2 is 2.25 bits per heavy atom. The average Bonchev–Trinajstić information content (AvgIpc) is 2.76. The van der Waals surface area contributed by atoms with Crippen LogP contribution < -0.4 is 5.32 Å². The quantitative estimate of drug-likeness (QED) is 0.696. The van der Waals surface area contributed by atoms with Gasteiger partial charge in [-0.25, -0.2) is 0 Å². The van der Waals surface area contributed by atoms with Crippen molar-refractivity contribution in [2.75, 3.05) is 20.2 Å². The summed E-state index contributed by atoms with van der Waals surface area (Å²) in [4.78, 5) is 25.1. The van der Waals surface area contributed by atoms with Gasteiger partial charge in [0.15, 0.2) is 0 Å². The molecule has 1 N–H and O–H groups in total. The minimum Gasteiger partial charge on any atom is -0.465 e. The van der Waals surface area contributed by atoms with E-state index < -0.39 is 0 Å². The van der Waals surface area contributed by atoms with Crippen LogP contribution in [0, 0.1) is 0 Å². The van der Waals surface area contributed by atoms with Gasteiger partial charge >= 0.3 is 5.97 Å². The highest BCUT2D eigenvalue weighted by atomic mass is 16.5. The molecule has 5 nitrogen and oxygen atoms in total. The van der Waals surface area contributed by atoms with Crippen molar-refractivity contribution >= 4 is 11.9 Å². The minimum atomic E-state index is -0.343. The van der Waals surface area contributed by atoms with Crippen molar-refractivity contribution in [3.63, 3.8) is 0 Å². The number of hydrogen-bond acceptors (Lipinski definition) is 4. The molecule has 0 aromatic heterocycles. The molecule has 0 aromatic rings.